The average Bonchev–Trinajstić information content (AvgIpc) is 3.37. The first-order chi connectivity index (χ1) is 16.2. The van der Waals surface area contributed by atoms with Crippen molar-refractivity contribution < 1.29 is 21.1 Å². The molecule has 0 N–H and O–H groups in total. The van der Waals surface area contributed by atoms with Crippen molar-refractivity contribution in [2.24, 2.45) is 0 Å². The second kappa shape index (κ2) is 9.19. The first kappa shape index (κ1) is 22.5. The van der Waals surface area contributed by atoms with Gasteiger partial charge in [-0.05, 0) is 62.6 Å². The molecule has 4 aromatic rings. The van der Waals surface area contributed by atoms with Gasteiger partial charge in [-0.2, -0.15) is 0 Å². The molecule has 2 aromatic heterocycles. The van der Waals surface area contributed by atoms with Gasteiger partial charge in [0.05, 0.1) is 11.4 Å². The summed E-state index contributed by atoms with van der Waals surface area (Å²) in [7, 11) is 8.27. The van der Waals surface area contributed by atoms with E-state index in [0.29, 0.717) is 6.42 Å². The predicted molar refractivity (Wildman–Crippen MR) is 137 cm³/mol. The number of pyridine rings is 2. The molecule has 6 nitrogen and oxygen atoms in total. The summed E-state index contributed by atoms with van der Waals surface area (Å²) in [4.78, 5) is 18.4. The Morgan fingerprint density at radius 2 is 0.971 bits per heavy atom. The molecule has 34 heavy (non-hydrogen) atoms. The Kier molecular flexibility index (Phi) is 6.09. The molecule has 0 saturated heterocycles. The van der Waals surface area contributed by atoms with Gasteiger partial charge in [-0.25, -0.2) is 9.97 Å². The largest absolute Gasteiger partial charge is 0.400 e. The van der Waals surface area contributed by atoms with Gasteiger partial charge in [-0.1, -0.05) is 36.4 Å². The minimum atomic E-state index is 0. The molecule has 2 aliphatic heterocycles. The summed E-state index contributed by atoms with van der Waals surface area (Å²) in [5.41, 5.74) is 6.59. The van der Waals surface area contributed by atoms with Gasteiger partial charge < -0.3 is 19.2 Å². The zero-order chi connectivity index (χ0) is 22.4. The van der Waals surface area contributed by atoms with Crippen molar-refractivity contribution in [3.63, 3.8) is 0 Å². The molecule has 2 aliphatic rings. The number of benzene rings is 2. The Morgan fingerprint density at radius 1 is 0.559 bits per heavy atom. The van der Waals surface area contributed by atoms with Crippen molar-refractivity contribution in [3.8, 4) is 0 Å². The van der Waals surface area contributed by atoms with Crippen LogP contribution in [0, 0.1) is 0 Å². The number of anilines is 6. The Labute approximate surface area is 216 Å². The van der Waals surface area contributed by atoms with Crippen LogP contribution in [0.5, 0.6) is 0 Å². The van der Waals surface area contributed by atoms with E-state index in [9.17, 15) is 0 Å². The maximum absolute atomic E-state index is 4.96. The van der Waals surface area contributed by atoms with E-state index >= 15 is 0 Å². The molecule has 0 aliphatic carbocycles. The molecule has 0 unspecified atom stereocenters. The summed E-state index contributed by atoms with van der Waals surface area (Å²) in [6.45, 7) is 0. The van der Waals surface area contributed by atoms with Crippen LogP contribution in [0.15, 0.2) is 84.9 Å². The number of rotatable bonds is 4. The molecular formula is C25H22B2N6Pt. The molecule has 4 heterocycles. The fraction of sp³-hybridized carbons (Fsp3) is 0.120. The molecule has 6 rings (SSSR count). The third kappa shape index (κ3) is 3.96. The molecule has 168 valence electrons. The number of nitrogens with zero attached hydrogens (tertiary/aromatic N) is 6. The molecular weight excluding hydrogens is 601 g/mol. The fourth-order valence-electron chi connectivity index (χ4n) is 4.48. The number of aromatic nitrogens is 2. The molecule has 0 spiro atoms. The standard InChI is InChI=1S/C25H22B2N6.Pt/c1-30-20-11-3-5-13-22(20)32(26-30)24-15-7-9-18(28-24)17-19-10-8-16-25(29-19)33-23-14-6-4-12-21(23)31(2)27-33;/h3-16H,17H2,1-2H3;. The molecule has 0 amide bonds. The summed E-state index contributed by atoms with van der Waals surface area (Å²) in [5, 5.41) is 0. The number of hydrogen-bond acceptors (Lipinski definition) is 6. The van der Waals surface area contributed by atoms with Crippen molar-refractivity contribution >= 4 is 49.5 Å². The van der Waals surface area contributed by atoms with Crippen LogP contribution in [0.2, 0.25) is 0 Å². The van der Waals surface area contributed by atoms with Crippen molar-refractivity contribution in [2.45, 2.75) is 6.42 Å². The normalized spacial score (nSPS) is 13.7. The topological polar surface area (TPSA) is 38.7 Å². The van der Waals surface area contributed by atoms with Gasteiger partial charge >= 0.3 is 15.1 Å². The van der Waals surface area contributed by atoms with E-state index in [1.165, 1.54) is 11.4 Å². The molecule has 0 atom stereocenters. The Bertz CT molecular complexity index is 1240. The summed E-state index contributed by atoms with van der Waals surface area (Å²) in [6, 6.07) is 29.1. The third-order valence-corrected chi connectivity index (χ3v) is 6.06. The summed E-state index contributed by atoms with van der Waals surface area (Å²) in [5.74, 6) is 1.81. The number of fused-ring (bicyclic) bond motifs is 2. The zero-order valence-corrected chi connectivity index (χ0v) is 21.2. The second-order valence-electron chi connectivity index (χ2n) is 8.32. The van der Waals surface area contributed by atoms with Crippen molar-refractivity contribution in [2.75, 3.05) is 33.3 Å². The van der Waals surface area contributed by atoms with Crippen molar-refractivity contribution in [1.82, 2.24) is 9.97 Å². The zero-order valence-electron chi connectivity index (χ0n) is 18.9. The van der Waals surface area contributed by atoms with Crippen LogP contribution in [0.1, 0.15) is 11.4 Å². The van der Waals surface area contributed by atoms with E-state index < -0.39 is 0 Å². The van der Waals surface area contributed by atoms with E-state index in [0.717, 1.165) is 34.4 Å². The van der Waals surface area contributed by atoms with E-state index in [-0.39, 0.29) is 21.1 Å². The smallest absolute Gasteiger partial charge is 0.397 e. The van der Waals surface area contributed by atoms with Crippen LogP contribution in [-0.4, -0.2) is 39.2 Å². The van der Waals surface area contributed by atoms with Crippen LogP contribution in [0.4, 0.5) is 34.4 Å². The van der Waals surface area contributed by atoms with Crippen LogP contribution in [0.3, 0.4) is 0 Å². The first-order valence-electron chi connectivity index (χ1n) is 11.0. The molecule has 2 aromatic carbocycles. The van der Waals surface area contributed by atoms with Crippen LogP contribution in [0.25, 0.3) is 0 Å². The van der Waals surface area contributed by atoms with E-state index in [2.05, 4.69) is 121 Å². The first-order valence-corrected chi connectivity index (χ1v) is 11.0. The van der Waals surface area contributed by atoms with Crippen LogP contribution in [-0.2, 0) is 27.5 Å². The predicted octanol–water partition coefficient (Wildman–Crippen LogP) is 4.31. The summed E-state index contributed by atoms with van der Waals surface area (Å²) >= 11 is 0. The van der Waals surface area contributed by atoms with Crippen molar-refractivity contribution in [3.05, 3.63) is 96.3 Å². The minimum Gasteiger partial charge on any atom is -0.400 e. The molecule has 0 saturated carbocycles. The third-order valence-electron chi connectivity index (χ3n) is 6.06. The quantitative estimate of drug-likeness (QED) is 0.316. The summed E-state index contributed by atoms with van der Waals surface area (Å²) in [6.07, 6.45) is 0.665. The van der Waals surface area contributed by atoms with Crippen LogP contribution < -0.4 is 19.2 Å². The minimum absolute atomic E-state index is 0. The van der Waals surface area contributed by atoms with E-state index in [1.54, 1.807) is 0 Å². The average molecular weight is 623 g/mol. The number of para-hydroxylation sites is 4. The molecule has 9 heteroatoms. The van der Waals surface area contributed by atoms with E-state index in [1.807, 2.05) is 12.1 Å². The second-order valence-corrected chi connectivity index (χ2v) is 8.32. The van der Waals surface area contributed by atoms with Crippen LogP contribution >= 0.6 is 0 Å². The fourth-order valence-corrected chi connectivity index (χ4v) is 4.48. The molecule has 0 fully saturated rings. The molecule has 0 bridgehead atoms. The SMILES string of the molecule is CN1[B]N(c2cccc(Cc3cccc(N4[B]N(C)c5ccccc54)n3)n2)c2ccccc21.[Pt]. The van der Waals surface area contributed by atoms with Gasteiger partial charge in [0.25, 0.3) is 0 Å². The van der Waals surface area contributed by atoms with Gasteiger partial charge in [-0.3, -0.25) is 0 Å². The van der Waals surface area contributed by atoms with Gasteiger partial charge in [0, 0.05) is 50.2 Å². The Balaban J connectivity index is 0.00000241. The van der Waals surface area contributed by atoms with Crippen molar-refractivity contribution in [1.29, 1.82) is 0 Å². The molecule has 2 radical (unpaired) electrons. The van der Waals surface area contributed by atoms with Gasteiger partial charge in [0.2, 0.25) is 0 Å². The Hall–Kier alpha value is -3.24. The Morgan fingerprint density at radius 3 is 1.41 bits per heavy atom. The monoisotopic (exact) mass is 623 g/mol. The van der Waals surface area contributed by atoms with Gasteiger partial charge in [0.1, 0.15) is 11.6 Å². The number of hydrogen-bond donors (Lipinski definition) is 0. The van der Waals surface area contributed by atoms with E-state index in [4.69, 9.17) is 9.97 Å². The van der Waals surface area contributed by atoms with Gasteiger partial charge in [-0.15, -0.1) is 0 Å². The maximum atomic E-state index is 4.96. The van der Waals surface area contributed by atoms with Gasteiger partial charge in [0.15, 0.2) is 0 Å². The summed E-state index contributed by atoms with van der Waals surface area (Å²) < 4.78 is 0. The maximum Gasteiger partial charge on any atom is 0.397 e.